The van der Waals surface area contributed by atoms with E-state index in [2.05, 4.69) is 35.4 Å². The Labute approximate surface area is 120 Å². The van der Waals surface area contributed by atoms with Gasteiger partial charge in [0.05, 0.1) is 11.7 Å². The Morgan fingerprint density at radius 1 is 1.35 bits per heavy atom. The third kappa shape index (κ3) is 2.93. The molecule has 0 amide bonds. The van der Waals surface area contributed by atoms with Crippen molar-refractivity contribution in [1.82, 2.24) is 19.3 Å². The fourth-order valence-electron chi connectivity index (χ4n) is 2.69. The summed E-state index contributed by atoms with van der Waals surface area (Å²) < 4.78 is 4.10. The smallest absolute Gasteiger partial charge is 0.125 e. The lowest BCUT2D eigenvalue weighted by Crippen LogP contribution is -2.17. The molecule has 1 unspecified atom stereocenters. The Kier molecular flexibility index (Phi) is 4.60. The Morgan fingerprint density at radius 2 is 2.10 bits per heavy atom. The molecule has 0 saturated heterocycles. The van der Waals surface area contributed by atoms with Crippen LogP contribution < -0.4 is 5.73 Å². The van der Waals surface area contributed by atoms with Gasteiger partial charge in [-0.2, -0.15) is 5.10 Å². The van der Waals surface area contributed by atoms with Gasteiger partial charge < -0.3 is 10.3 Å². The molecule has 5 nitrogen and oxygen atoms in total. The van der Waals surface area contributed by atoms with Gasteiger partial charge in [0.25, 0.3) is 0 Å². The molecular weight excluding hydrogens is 250 g/mol. The van der Waals surface area contributed by atoms with Gasteiger partial charge >= 0.3 is 0 Å². The number of imidazole rings is 1. The van der Waals surface area contributed by atoms with Crippen molar-refractivity contribution in [2.75, 3.05) is 0 Å². The fraction of sp³-hybridized carbons (Fsp3) is 0.600. The minimum Gasteiger partial charge on any atom is -0.334 e. The molecule has 2 heterocycles. The second-order valence-electron chi connectivity index (χ2n) is 5.40. The van der Waals surface area contributed by atoms with E-state index < -0.39 is 0 Å². The highest BCUT2D eigenvalue weighted by Gasteiger charge is 2.15. The van der Waals surface area contributed by atoms with Crippen molar-refractivity contribution in [3.63, 3.8) is 0 Å². The van der Waals surface area contributed by atoms with E-state index in [-0.39, 0.29) is 6.04 Å². The maximum atomic E-state index is 6.31. The van der Waals surface area contributed by atoms with Crippen molar-refractivity contribution >= 4 is 0 Å². The van der Waals surface area contributed by atoms with E-state index in [4.69, 9.17) is 5.73 Å². The van der Waals surface area contributed by atoms with Crippen LogP contribution in [0.2, 0.25) is 0 Å². The first-order valence-corrected chi connectivity index (χ1v) is 7.30. The van der Waals surface area contributed by atoms with E-state index in [0.29, 0.717) is 0 Å². The highest BCUT2D eigenvalue weighted by molar-refractivity contribution is 5.24. The quantitative estimate of drug-likeness (QED) is 0.879. The first-order chi connectivity index (χ1) is 9.54. The van der Waals surface area contributed by atoms with E-state index in [1.807, 2.05) is 24.1 Å². The molecule has 0 aliphatic rings. The summed E-state index contributed by atoms with van der Waals surface area (Å²) in [7, 11) is 1.99. The molecular formula is C15H25N5. The summed E-state index contributed by atoms with van der Waals surface area (Å²) in [4.78, 5) is 4.41. The number of nitrogens with zero attached hydrogens (tertiary/aromatic N) is 4. The number of aryl methyl sites for hydroxylation is 3. The van der Waals surface area contributed by atoms with Crippen LogP contribution in [0.15, 0.2) is 12.4 Å². The molecule has 20 heavy (non-hydrogen) atoms. The zero-order valence-electron chi connectivity index (χ0n) is 12.9. The predicted molar refractivity (Wildman–Crippen MR) is 80.4 cm³/mol. The summed E-state index contributed by atoms with van der Waals surface area (Å²) >= 11 is 0. The first kappa shape index (κ1) is 14.8. The summed E-state index contributed by atoms with van der Waals surface area (Å²) in [5.41, 5.74) is 9.97. The first-order valence-electron chi connectivity index (χ1n) is 7.30. The summed E-state index contributed by atoms with van der Waals surface area (Å²) in [5, 5.41) is 4.45. The standard InChI is InChI=1S/C15H25N5/c1-5-9-20-10-8-17-15(20)14(16)7-6-13-11(2)18-19(4)12(13)3/h8,10,14H,5-7,9,16H2,1-4H3. The third-order valence-electron chi connectivity index (χ3n) is 3.91. The Balaban J connectivity index is 2.05. The lowest BCUT2D eigenvalue weighted by Gasteiger charge is -2.13. The molecule has 2 N–H and O–H groups in total. The van der Waals surface area contributed by atoms with Gasteiger partial charge in [-0.15, -0.1) is 0 Å². The summed E-state index contributed by atoms with van der Waals surface area (Å²) in [5.74, 6) is 0.992. The SMILES string of the molecule is CCCn1ccnc1C(N)CCc1c(C)nn(C)c1C. The minimum absolute atomic E-state index is 0.0180. The Hall–Kier alpha value is -1.62. The van der Waals surface area contributed by atoms with Crippen LogP contribution in [0.1, 0.15) is 48.6 Å². The molecule has 1 atom stereocenters. The van der Waals surface area contributed by atoms with Crippen LogP contribution in [0.25, 0.3) is 0 Å². The van der Waals surface area contributed by atoms with Crippen molar-refractivity contribution in [2.45, 2.75) is 52.6 Å². The summed E-state index contributed by atoms with van der Waals surface area (Å²) in [6.07, 6.45) is 6.79. The average molecular weight is 275 g/mol. The van der Waals surface area contributed by atoms with E-state index >= 15 is 0 Å². The molecule has 0 fully saturated rings. The monoisotopic (exact) mass is 275 g/mol. The highest BCUT2D eigenvalue weighted by Crippen LogP contribution is 2.19. The molecule has 0 bridgehead atoms. The second-order valence-corrected chi connectivity index (χ2v) is 5.40. The van der Waals surface area contributed by atoms with E-state index in [0.717, 1.165) is 37.3 Å². The molecule has 0 aliphatic heterocycles. The molecule has 0 spiro atoms. The lowest BCUT2D eigenvalue weighted by atomic mass is 10.0. The molecule has 5 heteroatoms. The van der Waals surface area contributed by atoms with Gasteiger partial charge in [-0.1, -0.05) is 6.92 Å². The molecule has 2 aromatic rings. The summed E-state index contributed by atoms with van der Waals surface area (Å²) in [6.45, 7) is 7.32. The van der Waals surface area contributed by atoms with Crippen LogP contribution in [0.4, 0.5) is 0 Å². The highest BCUT2D eigenvalue weighted by atomic mass is 15.3. The second kappa shape index (κ2) is 6.22. The van der Waals surface area contributed by atoms with Crippen molar-refractivity contribution in [2.24, 2.45) is 12.8 Å². The van der Waals surface area contributed by atoms with Crippen molar-refractivity contribution in [3.8, 4) is 0 Å². The number of hydrogen-bond donors (Lipinski definition) is 1. The van der Waals surface area contributed by atoms with Crippen LogP contribution in [0.3, 0.4) is 0 Å². The lowest BCUT2D eigenvalue weighted by molar-refractivity contribution is 0.548. The van der Waals surface area contributed by atoms with Crippen molar-refractivity contribution < 1.29 is 0 Å². The van der Waals surface area contributed by atoms with Gasteiger partial charge in [0.15, 0.2) is 0 Å². The van der Waals surface area contributed by atoms with Crippen molar-refractivity contribution in [1.29, 1.82) is 0 Å². The van der Waals surface area contributed by atoms with Crippen LogP contribution in [0, 0.1) is 13.8 Å². The largest absolute Gasteiger partial charge is 0.334 e. The maximum absolute atomic E-state index is 6.31. The summed E-state index contributed by atoms with van der Waals surface area (Å²) in [6, 6.07) is -0.0180. The van der Waals surface area contributed by atoms with Gasteiger partial charge in [0.1, 0.15) is 5.82 Å². The average Bonchev–Trinajstić information content (AvgIpc) is 2.95. The van der Waals surface area contributed by atoms with E-state index in [1.165, 1.54) is 11.3 Å². The molecule has 2 rings (SSSR count). The molecule has 0 radical (unpaired) electrons. The van der Waals surface area contributed by atoms with Gasteiger partial charge in [-0.05, 0) is 38.7 Å². The predicted octanol–water partition coefficient (Wildman–Crippen LogP) is 2.28. The van der Waals surface area contributed by atoms with Crippen LogP contribution in [0.5, 0.6) is 0 Å². The minimum atomic E-state index is -0.0180. The van der Waals surface area contributed by atoms with Gasteiger partial charge in [-0.3, -0.25) is 4.68 Å². The molecule has 110 valence electrons. The van der Waals surface area contributed by atoms with E-state index in [1.54, 1.807) is 0 Å². The van der Waals surface area contributed by atoms with Gasteiger partial charge in [0, 0.05) is 31.7 Å². The number of rotatable bonds is 6. The third-order valence-corrected chi connectivity index (χ3v) is 3.91. The Bertz CT molecular complexity index is 567. The zero-order valence-corrected chi connectivity index (χ0v) is 12.9. The van der Waals surface area contributed by atoms with E-state index in [9.17, 15) is 0 Å². The van der Waals surface area contributed by atoms with Gasteiger partial charge in [-0.25, -0.2) is 4.98 Å². The van der Waals surface area contributed by atoms with Crippen LogP contribution in [-0.4, -0.2) is 19.3 Å². The molecule has 2 aromatic heterocycles. The number of hydrogen-bond acceptors (Lipinski definition) is 3. The fourth-order valence-corrected chi connectivity index (χ4v) is 2.69. The maximum Gasteiger partial charge on any atom is 0.125 e. The number of nitrogens with two attached hydrogens (primary N) is 1. The number of aromatic nitrogens is 4. The normalized spacial score (nSPS) is 12.8. The Morgan fingerprint density at radius 3 is 2.70 bits per heavy atom. The van der Waals surface area contributed by atoms with Gasteiger partial charge in [0.2, 0.25) is 0 Å². The molecule has 0 aliphatic carbocycles. The van der Waals surface area contributed by atoms with Crippen LogP contribution in [-0.2, 0) is 20.0 Å². The molecule has 0 saturated carbocycles. The zero-order chi connectivity index (χ0) is 14.7. The topological polar surface area (TPSA) is 61.7 Å². The molecule has 0 aromatic carbocycles. The van der Waals surface area contributed by atoms with Crippen molar-refractivity contribution in [3.05, 3.63) is 35.2 Å². The van der Waals surface area contributed by atoms with Crippen LogP contribution >= 0.6 is 0 Å².